The van der Waals surface area contributed by atoms with Gasteiger partial charge < -0.3 is 10.2 Å². The van der Waals surface area contributed by atoms with Gasteiger partial charge in [-0.15, -0.1) is 0 Å². The molecule has 1 saturated heterocycles. The molecule has 0 saturated carbocycles. The Morgan fingerprint density at radius 2 is 1.56 bits per heavy atom. The van der Waals surface area contributed by atoms with Crippen LogP contribution < -0.4 is 0 Å². The Balaban J connectivity index is 1.71. The van der Waals surface area contributed by atoms with Crippen molar-refractivity contribution in [1.29, 1.82) is 0 Å². The molecule has 2 N–H and O–H groups in total. The molecule has 1 aliphatic rings. The molecule has 2 aromatic rings. The summed E-state index contributed by atoms with van der Waals surface area (Å²) in [5.74, 6) is 0. The van der Waals surface area contributed by atoms with E-state index in [4.69, 9.17) is 0 Å². The molecule has 0 aliphatic carbocycles. The van der Waals surface area contributed by atoms with Crippen LogP contribution in [0.15, 0.2) is 54.6 Å². The minimum Gasteiger partial charge on any atom is -0.393 e. The monoisotopic (exact) mass is 339 g/mol. The highest BCUT2D eigenvalue weighted by Gasteiger charge is 2.31. The summed E-state index contributed by atoms with van der Waals surface area (Å²) in [6.07, 6.45) is 1.60. The summed E-state index contributed by atoms with van der Waals surface area (Å²) in [4.78, 5) is 2.34. The molecule has 0 bridgehead atoms. The van der Waals surface area contributed by atoms with Crippen molar-refractivity contribution in [3.63, 3.8) is 0 Å². The quantitative estimate of drug-likeness (QED) is 0.876. The zero-order chi connectivity index (χ0) is 17.8. The van der Waals surface area contributed by atoms with Gasteiger partial charge in [-0.2, -0.15) is 0 Å². The Morgan fingerprint density at radius 1 is 0.960 bits per heavy atom. The number of nitrogens with zero attached hydrogens (tertiary/aromatic N) is 1. The fourth-order valence-corrected chi connectivity index (χ4v) is 4.11. The zero-order valence-electron chi connectivity index (χ0n) is 15.2. The van der Waals surface area contributed by atoms with Gasteiger partial charge in [-0.3, -0.25) is 4.90 Å². The molecule has 1 heterocycles. The van der Waals surface area contributed by atoms with Crippen LogP contribution in [-0.2, 0) is 6.42 Å². The molecule has 1 aliphatic heterocycles. The van der Waals surface area contributed by atoms with E-state index in [0.29, 0.717) is 25.0 Å². The molecule has 3 rings (SSSR count). The second-order valence-corrected chi connectivity index (χ2v) is 7.40. The first-order valence-electron chi connectivity index (χ1n) is 9.29. The molecule has 3 unspecified atom stereocenters. The summed E-state index contributed by atoms with van der Waals surface area (Å²) in [5.41, 5.74) is 3.56. The van der Waals surface area contributed by atoms with Crippen LogP contribution in [-0.4, -0.2) is 45.9 Å². The smallest absolute Gasteiger partial charge is 0.0707 e. The van der Waals surface area contributed by atoms with Gasteiger partial charge in [0.1, 0.15) is 0 Å². The van der Waals surface area contributed by atoms with Gasteiger partial charge in [0.25, 0.3) is 0 Å². The summed E-state index contributed by atoms with van der Waals surface area (Å²) >= 11 is 0. The summed E-state index contributed by atoms with van der Waals surface area (Å²) in [6.45, 7) is 4.94. The number of aliphatic hydroxyl groups is 2. The lowest BCUT2D eigenvalue weighted by Crippen LogP contribution is -2.51. The molecule has 3 nitrogen and oxygen atoms in total. The number of β-amino-alcohol motifs (C(OH)–C–C–N with tert-alkyl or cyclic N) is 1. The number of rotatable bonds is 5. The predicted molar refractivity (Wildman–Crippen MR) is 102 cm³/mol. The average molecular weight is 339 g/mol. The maximum Gasteiger partial charge on any atom is 0.0707 e. The summed E-state index contributed by atoms with van der Waals surface area (Å²) in [5, 5.41) is 20.6. The van der Waals surface area contributed by atoms with Crippen molar-refractivity contribution in [2.45, 2.75) is 57.4 Å². The van der Waals surface area contributed by atoms with Crippen LogP contribution in [0, 0.1) is 0 Å². The molecule has 1 fully saturated rings. The molecular weight excluding hydrogens is 310 g/mol. The number of likely N-dealkylation sites (tertiary alicyclic amines) is 1. The van der Waals surface area contributed by atoms with E-state index in [9.17, 15) is 10.2 Å². The minimum absolute atomic E-state index is 0.211. The van der Waals surface area contributed by atoms with Gasteiger partial charge in [-0.25, -0.2) is 0 Å². The highest BCUT2D eigenvalue weighted by atomic mass is 16.3. The first-order chi connectivity index (χ1) is 12.0. The second kappa shape index (κ2) is 8.13. The maximum absolute atomic E-state index is 10.7. The topological polar surface area (TPSA) is 43.7 Å². The molecule has 25 heavy (non-hydrogen) atoms. The van der Waals surface area contributed by atoms with E-state index >= 15 is 0 Å². The molecule has 0 spiro atoms. The number of aliphatic hydroxyl groups excluding tert-OH is 2. The Hall–Kier alpha value is -1.68. The number of benzene rings is 2. The van der Waals surface area contributed by atoms with Crippen molar-refractivity contribution in [2.75, 3.05) is 6.54 Å². The number of piperidine rings is 1. The second-order valence-electron chi connectivity index (χ2n) is 7.40. The Kier molecular flexibility index (Phi) is 5.89. The van der Waals surface area contributed by atoms with Gasteiger partial charge in [0, 0.05) is 25.0 Å². The molecular formula is C22H29NO2. The Morgan fingerprint density at radius 3 is 2.24 bits per heavy atom. The fourth-order valence-electron chi connectivity index (χ4n) is 4.11. The van der Waals surface area contributed by atoms with Crippen LogP contribution in [0.3, 0.4) is 0 Å². The molecule has 3 heteroatoms. The van der Waals surface area contributed by atoms with Crippen LogP contribution in [0.25, 0.3) is 11.1 Å². The van der Waals surface area contributed by atoms with Crippen molar-refractivity contribution in [3.05, 3.63) is 60.2 Å². The zero-order valence-corrected chi connectivity index (χ0v) is 15.2. The summed E-state index contributed by atoms with van der Waals surface area (Å²) in [6, 6.07) is 19.3. The van der Waals surface area contributed by atoms with E-state index in [1.165, 1.54) is 16.7 Å². The van der Waals surface area contributed by atoms with Gasteiger partial charge >= 0.3 is 0 Å². The Bertz CT molecular complexity index is 661. The van der Waals surface area contributed by atoms with Crippen molar-refractivity contribution >= 4 is 0 Å². The molecule has 3 atom stereocenters. The predicted octanol–water partition coefficient (Wildman–Crippen LogP) is 3.49. The largest absolute Gasteiger partial charge is 0.393 e. The van der Waals surface area contributed by atoms with Gasteiger partial charge in [-0.05, 0) is 43.4 Å². The molecule has 0 aromatic heterocycles. The van der Waals surface area contributed by atoms with Gasteiger partial charge in [-0.1, -0.05) is 54.6 Å². The maximum atomic E-state index is 10.7. The molecule has 0 radical (unpaired) electrons. The van der Waals surface area contributed by atoms with Crippen molar-refractivity contribution in [1.82, 2.24) is 4.90 Å². The molecule has 2 aromatic carbocycles. The third-order valence-corrected chi connectivity index (χ3v) is 5.34. The van der Waals surface area contributed by atoms with Crippen LogP contribution in [0.1, 0.15) is 32.3 Å². The SMILES string of the molecule is CC1CC(O)CC(C)N1CC(O)Cc1ccccc1-c1ccccc1. The van der Waals surface area contributed by atoms with E-state index in [1.54, 1.807) is 0 Å². The fraction of sp³-hybridized carbons (Fsp3) is 0.455. The van der Waals surface area contributed by atoms with E-state index in [0.717, 1.165) is 12.8 Å². The lowest BCUT2D eigenvalue weighted by Gasteiger charge is -2.42. The third-order valence-electron chi connectivity index (χ3n) is 5.34. The van der Waals surface area contributed by atoms with E-state index in [1.807, 2.05) is 30.3 Å². The standard InChI is InChI=1S/C22H29NO2/c1-16-12-20(24)13-17(2)23(16)15-21(25)14-19-10-6-7-11-22(19)18-8-4-3-5-9-18/h3-11,16-17,20-21,24-25H,12-15H2,1-2H3. The number of hydrogen-bond donors (Lipinski definition) is 2. The number of hydrogen-bond acceptors (Lipinski definition) is 3. The van der Waals surface area contributed by atoms with Gasteiger partial charge in [0.2, 0.25) is 0 Å². The van der Waals surface area contributed by atoms with Crippen LogP contribution in [0.5, 0.6) is 0 Å². The summed E-state index contributed by atoms with van der Waals surface area (Å²) < 4.78 is 0. The lowest BCUT2D eigenvalue weighted by molar-refractivity contribution is -0.0110. The highest BCUT2D eigenvalue weighted by Crippen LogP contribution is 2.26. The summed E-state index contributed by atoms with van der Waals surface area (Å²) in [7, 11) is 0. The van der Waals surface area contributed by atoms with Gasteiger partial charge in [0.05, 0.1) is 12.2 Å². The minimum atomic E-state index is -0.412. The van der Waals surface area contributed by atoms with E-state index in [2.05, 4.69) is 43.0 Å². The van der Waals surface area contributed by atoms with Gasteiger partial charge in [0.15, 0.2) is 0 Å². The van der Waals surface area contributed by atoms with Crippen LogP contribution in [0.4, 0.5) is 0 Å². The van der Waals surface area contributed by atoms with E-state index < -0.39 is 6.10 Å². The first-order valence-corrected chi connectivity index (χ1v) is 9.29. The lowest BCUT2D eigenvalue weighted by atomic mass is 9.92. The van der Waals surface area contributed by atoms with Crippen LogP contribution in [0.2, 0.25) is 0 Å². The van der Waals surface area contributed by atoms with Crippen LogP contribution >= 0.6 is 0 Å². The highest BCUT2D eigenvalue weighted by molar-refractivity contribution is 5.67. The molecule has 0 amide bonds. The first kappa shape index (κ1) is 18.1. The third kappa shape index (κ3) is 4.49. The van der Waals surface area contributed by atoms with Crippen molar-refractivity contribution in [3.8, 4) is 11.1 Å². The Labute approximate surface area is 150 Å². The average Bonchev–Trinajstić information content (AvgIpc) is 2.59. The molecule has 134 valence electrons. The normalized spacial score (nSPS) is 25.7. The van der Waals surface area contributed by atoms with E-state index in [-0.39, 0.29) is 6.10 Å². The van der Waals surface area contributed by atoms with Crippen molar-refractivity contribution in [2.24, 2.45) is 0 Å². The van der Waals surface area contributed by atoms with Crippen molar-refractivity contribution < 1.29 is 10.2 Å².